The van der Waals surface area contributed by atoms with Gasteiger partial charge in [0.15, 0.2) is 0 Å². The lowest BCUT2D eigenvalue weighted by Crippen LogP contribution is -2.50. The molecule has 1 heterocycles. The minimum Gasteiger partial charge on any atom is -0.480 e. The molecule has 0 amide bonds. The Bertz CT molecular complexity index is 995. The van der Waals surface area contributed by atoms with Gasteiger partial charge in [-0.05, 0) is 41.2 Å². The number of aliphatic carboxylic acids is 1. The molecule has 3 rings (SSSR count). The van der Waals surface area contributed by atoms with E-state index in [0.29, 0.717) is 22.6 Å². The fourth-order valence-corrected chi connectivity index (χ4v) is 5.45. The summed E-state index contributed by atoms with van der Waals surface area (Å²) in [5.41, 5.74) is 5.94. The van der Waals surface area contributed by atoms with Gasteiger partial charge in [-0.25, -0.2) is 4.39 Å². The molecule has 0 aromatic heterocycles. The number of hydrogen-bond donors (Lipinski definition) is 3. The van der Waals surface area contributed by atoms with Crippen molar-refractivity contribution >= 4 is 40.8 Å². The molecule has 1 aliphatic heterocycles. The number of carboxylic acids is 1. The summed E-state index contributed by atoms with van der Waals surface area (Å²) in [5, 5.41) is 14.1. The number of carbonyl (C=O) groups is 1. The largest absolute Gasteiger partial charge is 0.480 e. The van der Waals surface area contributed by atoms with Crippen LogP contribution in [0.2, 0.25) is 15.1 Å². The molecule has 0 unspecified atom stereocenters. The van der Waals surface area contributed by atoms with Crippen LogP contribution in [0.3, 0.4) is 0 Å². The van der Waals surface area contributed by atoms with Crippen molar-refractivity contribution in [2.75, 3.05) is 6.54 Å². The Morgan fingerprint density at radius 1 is 1.23 bits per heavy atom. The Hall–Kier alpha value is -1.37. The fourth-order valence-electron chi connectivity index (χ4n) is 4.86. The highest BCUT2D eigenvalue weighted by molar-refractivity contribution is 6.42. The van der Waals surface area contributed by atoms with E-state index < -0.39 is 35.2 Å². The van der Waals surface area contributed by atoms with Crippen LogP contribution >= 0.6 is 34.8 Å². The van der Waals surface area contributed by atoms with Crippen LogP contribution in [0.5, 0.6) is 0 Å². The van der Waals surface area contributed by atoms with Gasteiger partial charge in [-0.1, -0.05) is 73.8 Å². The Labute approximate surface area is 196 Å². The van der Waals surface area contributed by atoms with Crippen LogP contribution in [0.4, 0.5) is 4.39 Å². The first kappa shape index (κ1) is 24.3. The lowest BCUT2D eigenvalue weighted by molar-refractivity contribution is -0.139. The average molecular weight is 488 g/mol. The van der Waals surface area contributed by atoms with Gasteiger partial charge in [-0.3, -0.25) is 4.79 Å². The van der Waals surface area contributed by atoms with E-state index in [-0.39, 0.29) is 22.0 Å². The summed E-state index contributed by atoms with van der Waals surface area (Å²) in [6.45, 7) is 6.13. The number of nitrogens with one attached hydrogen (secondary N) is 1. The van der Waals surface area contributed by atoms with E-state index in [1.807, 2.05) is 20.8 Å². The highest BCUT2D eigenvalue weighted by atomic mass is 35.5. The standard InChI is InChI=1S/C23H26Cl3FN2O2/c1-22(2,3)10-17-23(11-28,14-8-7-12(24)9-16(14)27)18(20(29-17)21(30)31)13-5-4-6-15(25)19(13)26/h4-9,17-18,20,29H,10-11,28H2,1-3H3,(H,30,31)/t17-,18+,20+,23-/m0/s1. The number of hydrogen-bond acceptors (Lipinski definition) is 3. The van der Waals surface area contributed by atoms with Gasteiger partial charge >= 0.3 is 5.97 Å². The highest BCUT2D eigenvalue weighted by Crippen LogP contribution is 2.53. The molecular weight excluding hydrogens is 462 g/mol. The molecule has 1 aliphatic rings. The van der Waals surface area contributed by atoms with Crippen molar-refractivity contribution in [1.82, 2.24) is 5.32 Å². The molecule has 2 aromatic rings. The number of halogens is 4. The van der Waals surface area contributed by atoms with Gasteiger partial charge in [0, 0.05) is 28.9 Å². The Morgan fingerprint density at radius 3 is 2.45 bits per heavy atom. The van der Waals surface area contributed by atoms with Crippen LogP contribution in [0.25, 0.3) is 0 Å². The van der Waals surface area contributed by atoms with E-state index >= 15 is 4.39 Å². The zero-order chi connectivity index (χ0) is 23.1. The first-order valence-electron chi connectivity index (χ1n) is 10.0. The minimum atomic E-state index is -1.10. The third kappa shape index (κ3) is 4.44. The summed E-state index contributed by atoms with van der Waals surface area (Å²) in [6, 6.07) is 8.01. The second-order valence-corrected chi connectivity index (χ2v) is 10.5. The van der Waals surface area contributed by atoms with E-state index in [4.69, 9.17) is 40.5 Å². The molecule has 0 saturated carbocycles. The van der Waals surface area contributed by atoms with Crippen molar-refractivity contribution in [2.24, 2.45) is 11.1 Å². The van der Waals surface area contributed by atoms with Crippen LogP contribution in [0.15, 0.2) is 36.4 Å². The summed E-state index contributed by atoms with van der Waals surface area (Å²) in [4.78, 5) is 12.4. The maximum absolute atomic E-state index is 15.4. The number of benzene rings is 2. The van der Waals surface area contributed by atoms with Crippen LogP contribution in [-0.4, -0.2) is 29.7 Å². The smallest absolute Gasteiger partial charge is 0.321 e. The van der Waals surface area contributed by atoms with Gasteiger partial charge in [0.1, 0.15) is 11.9 Å². The van der Waals surface area contributed by atoms with Gasteiger partial charge < -0.3 is 16.2 Å². The number of nitrogens with two attached hydrogens (primary N) is 1. The first-order valence-corrected chi connectivity index (χ1v) is 11.1. The predicted octanol–water partition coefficient (Wildman–Crippen LogP) is 5.63. The minimum absolute atomic E-state index is 0.00338. The van der Waals surface area contributed by atoms with Crippen LogP contribution in [0, 0.1) is 11.2 Å². The molecule has 1 saturated heterocycles. The summed E-state index contributed by atoms with van der Waals surface area (Å²) in [6.07, 6.45) is 0.560. The first-order chi connectivity index (χ1) is 14.4. The van der Waals surface area contributed by atoms with Crippen molar-refractivity contribution in [3.8, 4) is 0 Å². The monoisotopic (exact) mass is 486 g/mol. The molecule has 4 N–H and O–H groups in total. The number of carboxylic acid groups (broad SMARTS) is 1. The zero-order valence-corrected chi connectivity index (χ0v) is 19.8. The fraction of sp³-hybridized carbons (Fsp3) is 0.435. The topological polar surface area (TPSA) is 75.3 Å². The SMILES string of the molecule is CC(C)(C)C[C@@H]1N[C@@H](C(=O)O)[C@@H](c2cccc(Cl)c2Cl)[C@@]1(CN)c1ccc(Cl)cc1F. The van der Waals surface area contributed by atoms with Crippen LogP contribution < -0.4 is 11.1 Å². The van der Waals surface area contributed by atoms with Crippen molar-refractivity contribution in [2.45, 2.75) is 50.6 Å². The molecule has 0 spiro atoms. The maximum atomic E-state index is 15.4. The summed E-state index contributed by atoms with van der Waals surface area (Å²) < 4.78 is 15.4. The lowest BCUT2D eigenvalue weighted by atomic mass is 9.62. The molecule has 2 aromatic carbocycles. The Balaban J connectivity index is 2.36. The molecule has 8 heteroatoms. The molecular formula is C23H26Cl3FN2O2. The second-order valence-electron chi connectivity index (χ2n) is 9.29. The van der Waals surface area contributed by atoms with Crippen molar-refractivity contribution in [1.29, 1.82) is 0 Å². The summed E-state index contributed by atoms with van der Waals surface area (Å²) in [5.74, 6) is -2.36. The van der Waals surface area contributed by atoms with E-state index in [0.717, 1.165) is 0 Å². The van der Waals surface area contributed by atoms with Crippen molar-refractivity contribution in [3.63, 3.8) is 0 Å². The van der Waals surface area contributed by atoms with Gasteiger partial charge in [0.25, 0.3) is 0 Å². The lowest BCUT2D eigenvalue weighted by Gasteiger charge is -2.42. The van der Waals surface area contributed by atoms with E-state index in [2.05, 4.69) is 5.32 Å². The molecule has 0 radical (unpaired) electrons. The third-order valence-corrected chi connectivity index (χ3v) is 7.13. The average Bonchev–Trinajstić information content (AvgIpc) is 2.97. The second kappa shape index (κ2) is 8.87. The van der Waals surface area contributed by atoms with Gasteiger partial charge in [0.05, 0.1) is 10.0 Å². The van der Waals surface area contributed by atoms with Gasteiger partial charge in [-0.2, -0.15) is 0 Å². The van der Waals surface area contributed by atoms with Crippen molar-refractivity contribution in [3.05, 3.63) is 68.4 Å². The normalized spacial score (nSPS) is 26.3. The molecule has 0 aliphatic carbocycles. The maximum Gasteiger partial charge on any atom is 0.321 e. The van der Waals surface area contributed by atoms with Crippen LogP contribution in [-0.2, 0) is 10.2 Å². The van der Waals surface area contributed by atoms with E-state index in [1.54, 1.807) is 30.3 Å². The summed E-state index contributed by atoms with van der Waals surface area (Å²) >= 11 is 18.8. The van der Waals surface area contributed by atoms with Gasteiger partial charge in [0.2, 0.25) is 0 Å². The van der Waals surface area contributed by atoms with E-state index in [9.17, 15) is 9.90 Å². The van der Waals surface area contributed by atoms with Crippen molar-refractivity contribution < 1.29 is 14.3 Å². The Kier molecular flexibility index (Phi) is 6.95. The third-order valence-electron chi connectivity index (χ3n) is 6.06. The molecule has 0 bridgehead atoms. The molecule has 4 nitrogen and oxygen atoms in total. The molecule has 4 atom stereocenters. The van der Waals surface area contributed by atoms with Crippen LogP contribution in [0.1, 0.15) is 44.2 Å². The highest BCUT2D eigenvalue weighted by Gasteiger charge is 2.59. The number of rotatable bonds is 5. The molecule has 1 fully saturated rings. The zero-order valence-electron chi connectivity index (χ0n) is 17.6. The molecule has 168 valence electrons. The summed E-state index contributed by atoms with van der Waals surface area (Å²) in [7, 11) is 0. The quantitative estimate of drug-likeness (QED) is 0.511. The Morgan fingerprint density at radius 2 is 1.90 bits per heavy atom. The van der Waals surface area contributed by atoms with Gasteiger partial charge in [-0.15, -0.1) is 0 Å². The predicted molar refractivity (Wildman–Crippen MR) is 124 cm³/mol. The molecule has 31 heavy (non-hydrogen) atoms. The van der Waals surface area contributed by atoms with E-state index in [1.165, 1.54) is 6.07 Å².